The third-order valence-corrected chi connectivity index (χ3v) is 4.31. The third kappa shape index (κ3) is 2.04. The van der Waals surface area contributed by atoms with Crippen LogP contribution in [-0.2, 0) is 0 Å². The van der Waals surface area contributed by atoms with Crippen molar-refractivity contribution >= 4 is 26.8 Å². The minimum Gasteiger partial charge on any atom is -0.494 e. The summed E-state index contributed by atoms with van der Waals surface area (Å²) in [6.45, 7) is 3.81. The SMILES string of the molecule is CCOc1ccc2[nH]c(C3CCCN3)c(Br)c2c1. The summed E-state index contributed by atoms with van der Waals surface area (Å²) >= 11 is 3.72. The van der Waals surface area contributed by atoms with Crippen LogP contribution in [0.2, 0.25) is 0 Å². The van der Waals surface area contributed by atoms with Gasteiger partial charge in [-0.2, -0.15) is 0 Å². The lowest BCUT2D eigenvalue weighted by Crippen LogP contribution is -2.13. The molecule has 0 bridgehead atoms. The fourth-order valence-corrected chi connectivity index (χ4v) is 3.29. The minimum absolute atomic E-state index is 0.447. The van der Waals surface area contributed by atoms with E-state index in [0.717, 1.165) is 17.8 Å². The van der Waals surface area contributed by atoms with E-state index in [1.165, 1.54) is 28.4 Å². The van der Waals surface area contributed by atoms with Crippen molar-refractivity contribution in [1.82, 2.24) is 10.3 Å². The number of halogens is 1. The Balaban J connectivity index is 2.04. The third-order valence-electron chi connectivity index (χ3n) is 3.45. The summed E-state index contributed by atoms with van der Waals surface area (Å²) in [5.74, 6) is 0.927. The number of aromatic nitrogens is 1. The van der Waals surface area contributed by atoms with E-state index >= 15 is 0 Å². The van der Waals surface area contributed by atoms with Crippen molar-refractivity contribution in [3.63, 3.8) is 0 Å². The van der Waals surface area contributed by atoms with Gasteiger partial charge in [-0.25, -0.2) is 0 Å². The zero-order chi connectivity index (χ0) is 12.5. The highest BCUT2D eigenvalue weighted by atomic mass is 79.9. The molecule has 18 heavy (non-hydrogen) atoms. The molecule has 0 aliphatic carbocycles. The van der Waals surface area contributed by atoms with E-state index in [1.807, 2.05) is 13.0 Å². The fraction of sp³-hybridized carbons (Fsp3) is 0.429. The summed E-state index contributed by atoms with van der Waals surface area (Å²) in [4.78, 5) is 3.51. The Hall–Kier alpha value is -1.00. The first-order valence-electron chi connectivity index (χ1n) is 6.47. The maximum absolute atomic E-state index is 5.55. The van der Waals surface area contributed by atoms with Gasteiger partial charge in [-0.3, -0.25) is 0 Å². The highest BCUT2D eigenvalue weighted by molar-refractivity contribution is 9.10. The molecular weight excluding hydrogens is 292 g/mol. The van der Waals surface area contributed by atoms with Gasteiger partial charge in [0.15, 0.2) is 0 Å². The maximum atomic E-state index is 5.55. The number of rotatable bonds is 3. The average molecular weight is 309 g/mol. The molecule has 1 aliphatic heterocycles. The van der Waals surface area contributed by atoms with Gasteiger partial charge in [0, 0.05) is 27.1 Å². The number of hydrogen-bond donors (Lipinski definition) is 2. The Morgan fingerprint density at radius 3 is 3.06 bits per heavy atom. The van der Waals surface area contributed by atoms with Crippen LogP contribution >= 0.6 is 15.9 Å². The number of ether oxygens (including phenoxy) is 1. The van der Waals surface area contributed by atoms with Gasteiger partial charge in [-0.1, -0.05) is 0 Å². The molecule has 1 aromatic heterocycles. The highest BCUT2D eigenvalue weighted by Crippen LogP contribution is 2.36. The second-order valence-electron chi connectivity index (χ2n) is 4.64. The minimum atomic E-state index is 0.447. The molecule has 1 fully saturated rings. The summed E-state index contributed by atoms with van der Waals surface area (Å²) in [5.41, 5.74) is 2.42. The topological polar surface area (TPSA) is 37.0 Å². The van der Waals surface area contributed by atoms with Gasteiger partial charge in [0.05, 0.1) is 6.61 Å². The van der Waals surface area contributed by atoms with Crippen LogP contribution in [0.15, 0.2) is 22.7 Å². The summed E-state index contributed by atoms with van der Waals surface area (Å²) < 4.78 is 6.72. The van der Waals surface area contributed by atoms with Gasteiger partial charge in [0.25, 0.3) is 0 Å². The number of hydrogen-bond acceptors (Lipinski definition) is 2. The normalized spacial score (nSPS) is 19.6. The molecule has 0 spiro atoms. The lowest BCUT2D eigenvalue weighted by molar-refractivity contribution is 0.340. The van der Waals surface area contributed by atoms with E-state index in [0.29, 0.717) is 12.6 Å². The lowest BCUT2D eigenvalue weighted by atomic mass is 10.1. The number of benzene rings is 1. The maximum Gasteiger partial charge on any atom is 0.120 e. The second-order valence-corrected chi connectivity index (χ2v) is 5.43. The van der Waals surface area contributed by atoms with Crippen molar-refractivity contribution < 1.29 is 4.74 Å². The summed E-state index contributed by atoms with van der Waals surface area (Å²) in [7, 11) is 0. The monoisotopic (exact) mass is 308 g/mol. The van der Waals surface area contributed by atoms with Crippen molar-refractivity contribution in [1.29, 1.82) is 0 Å². The van der Waals surface area contributed by atoms with Gasteiger partial charge >= 0.3 is 0 Å². The Bertz CT molecular complexity index is 558. The van der Waals surface area contributed by atoms with Crippen LogP contribution in [0.3, 0.4) is 0 Å². The number of fused-ring (bicyclic) bond motifs is 1. The molecule has 1 aliphatic rings. The standard InChI is InChI=1S/C14H17BrN2O/c1-2-18-9-5-6-11-10(8-9)13(15)14(17-11)12-4-3-7-16-12/h5-6,8,12,16-17H,2-4,7H2,1H3. The van der Waals surface area contributed by atoms with Gasteiger partial charge < -0.3 is 15.0 Å². The zero-order valence-electron chi connectivity index (χ0n) is 10.4. The largest absolute Gasteiger partial charge is 0.494 e. The van der Waals surface area contributed by atoms with Crippen LogP contribution < -0.4 is 10.1 Å². The van der Waals surface area contributed by atoms with Gasteiger partial charge in [0.2, 0.25) is 0 Å². The van der Waals surface area contributed by atoms with E-state index in [2.05, 4.69) is 38.4 Å². The van der Waals surface area contributed by atoms with Crippen molar-refractivity contribution in [2.45, 2.75) is 25.8 Å². The van der Waals surface area contributed by atoms with Crippen molar-refractivity contribution in [2.24, 2.45) is 0 Å². The van der Waals surface area contributed by atoms with E-state index in [4.69, 9.17) is 4.74 Å². The average Bonchev–Trinajstić information content (AvgIpc) is 2.99. The molecule has 3 nitrogen and oxygen atoms in total. The first-order valence-corrected chi connectivity index (χ1v) is 7.26. The molecule has 0 amide bonds. The van der Waals surface area contributed by atoms with Crippen LogP contribution in [0.5, 0.6) is 5.75 Å². The molecule has 0 radical (unpaired) electrons. The number of aromatic amines is 1. The Kier molecular flexibility index (Phi) is 3.31. The van der Waals surface area contributed by atoms with E-state index < -0.39 is 0 Å². The molecule has 1 atom stereocenters. The molecule has 1 unspecified atom stereocenters. The van der Waals surface area contributed by atoms with Gasteiger partial charge in [-0.05, 0) is 60.4 Å². The van der Waals surface area contributed by atoms with Crippen molar-refractivity contribution in [3.05, 3.63) is 28.4 Å². The van der Waals surface area contributed by atoms with Gasteiger partial charge in [0.1, 0.15) is 5.75 Å². The molecule has 1 aromatic carbocycles. The smallest absolute Gasteiger partial charge is 0.120 e. The molecule has 3 rings (SSSR count). The van der Waals surface area contributed by atoms with E-state index in [-0.39, 0.29) is 0 Å². The van der Waals surface area contributed by atoms with Crippen LogP contribution in [0, 0.1) is 0 Å². The highest BCUT2D eigenvalue weighted by Gasteiger charge is 2.21. The summed E-state index contributed by atoms with van der Waals surface area (Å²) in [6, 6.07) is 6.64. The second kappa shape index (κ2) is 4.94. The molecular formula is C14H17BrN2O. The quantitative estimate of drug-likeness (QED) is 0.906. The molecule has 4 heteroatoms. The predicted octanol–water partition coefficient (Wildman–Crippen LogP) is 3.75. The molecule has 0 saturated carbocycles. The fourth-order valence-electron chi connectivity index (χ4n) is 2.59. The molecule has 1 saturated heterocycles. The van der Waals surface area contributed by atoms with Crippen molar-refractivity contribution in [3.8, 4) is 5.75 Å². The molecule has 2 aromatic rings. The van der Waals surface area contributed by atoms with Crippen LogP contribution in [-0.4, -0.2) is 18.1 Å². The van der Waals surface area contributed by atoms with Crippen LogP contribution in [0.25, 0.3) is 10.9 Å². The summed E-state index contributed by atoms with van der Waals surface area (Å²) in [5, 5.41) is 4.72. The Labute approximate surface area is 115 Å². The molecule has 96 valence electrons. The number of H-pyrrole nitrogens is 1. The van der Waals surface area contributed by atoms with E-state index in [9.17, 15) is 0 Å². The molecule has 2 heterocycles. The van der Waals surface area contributed by atoms with Crippen LogP contribution in [0.4, 0.5) is 0 Å². The van der Waals surface area contributed by atoms with Crippen LogP contribution in [0.1, 0.15) is 31.5 Å². The predicted molar refractivity (Wildman–Crippen MR) is 77.1 cm³/mol. The Morgan fingerprint density at radius 1 is 1.44 bits per heavy atom. The Morgan fingerprint density at radius 2 is 2.33 bits per heavy atom. The lowest BCUT2D eigenvalue weighted by Gasteiger charge is -2.08. The van der Waals surface area contributed by atoms with E-state index in [1.54, 1.807) is 0 Å². The summed E-state index contributed by atoms with van der Waals surface area (Å²) in [6.07, 6.45) is 2.44. The first kappa shape index (κ1) is 12.1. The molecule has 2 N–H and O–H groups in total. The first-order chi connectivity index (χ1) is 8.79. The number of nitrogens with one attached hydrogen (secondary N) is 2. The zero-order valence-corrected chi connectivity index (χ0v) is 12.0. The van der Waals surface area contributed by atoms with Gasteiger partial charge in [-0.15, -0.1) is 0 Å². The van der Waals surface area contributed by atoms with Crippen molar-refractivity contribution in [2.75, 3.05) is 13.2 Å².